The third kappa shape index (κ3) is 4.92. The van der Waals surface area contributed by atoms with Gasteiger partial charge in [0.25, 0.3) is 0 Å². The predicted molar refractivity (Wildman–Crippen MR) is 239 cm³/mol. The Morgan fingerprint density at radius 3 is 2.02 bits per heavy atom. The molecule has 0 saturated heterocycles. The molecule has 0 fully saturated rings. The lowest BCUT2D eigenvalue weighted by Gasteiger charge is -2.34. The first-order chi connectivity index (χ1) is 27.7. The maximum absolute atomic E-state index is 3.90. The Morgan fingerprint density at radius 2 is 1.14 bits per heavy atom. The van der Waals surface area contributed by atoms with Gasteiger partial charge in [0, 0.05) is 21.1 Å². The van der Waals surface area contributed by atoms with Crippen LogP contribution in [-0.2, 0) is 5.41 Å². The fraction of sp³-hybridized carbons (Fsp3) is 0.0370. The summed E-state index contributed by atoms with van der Waals surface area (Å²) in [6.45, 7) is 0. The second-order valence-electron chi connectivity index (χ2n) is 14.9. The normalized spacial score (nSPS) is 16.1. The van der Waals surface area contributed by atoms with E-state index in [1.807, 2.05) is 0 Å². The summed E-state index contributed by atoms with van der Waals surface area (Å²) >= 11 is 3.90. The Balaban J connectivity index is 1.23. The Kier molecular flexibility index (Phi) is 7.69. The van der Waals surface area contributed by atoms with Crippen LogP contribution < -0.4 is 4.90 Å². The molecule has 1 atom stereocenters. The van der Waals surface area contributed by atoms with E-state index in [1.165, 1.54) is 77.6 Å². The highest BCUT2D eigenvalue weighted by molar-refractivity contribution is 9.10. The lowest BCUT2D eigenvalue weighted by Crippen LogP contribution is -2.27. The number of nitrogens with zero attached hydrogens (tertiary/aromatic N) is 1. The van der Waals surface area contributed by atoms with Crippen molar-refractivity contribution in [2.24, 2.45) is 0 Å². The predicted octanol–water partition coefficient (Wildman–Crippen LogP) is 15.0. The van der Waals surface area contributed by atoms with E-state index < -0.39 is 5.41 Å². The van der Waals surface area contributed by atoms with Crippen molar-refractivity contribution in [2.75, 3.05) is 4.90 Å². The monoisotopic (exact) mass is 777 g/mol. The van der Waals surface area contributed by atoms with Gasteiger partial charge in [0.1, 0.15) is 0 Å². The molecule has 0 N–H and O–H groups in total. The van der Waals surface area contributed by atoms with Crippen molar-refractivity contribution in [2.45, 2.75) is 11.8 Å². The summed E-state index contributed by atoms with van der Waals surface area (Å²) in [6.07, 6.45) is 10.3. The lowest BCUT2D eigenvalue weighted by atomic mass is 9.69. The minimum absolute atomic E-state index is 0.481. The minimum atomic E-state index is -0.481. The molecule has 8 aromatic carbocycles. The first-order valence-electron chi connectivity index (χ1n) is 19.4. The van der Waals surface area contributed by atoms with Crippen molar-refractivity contribution < 1.29 is 0 Å². The SMILES string of the molecule is Brc1ccc2c(c1)C1(C3=C2C=CCC=C3)c2ccccc2-c2ccc(N(c3ccc(-c4ccccc4)cc3-c3ccccc3)c3cccc4ccccc34)cc21. The molecule has 0 amide bonds. The molecule has 2 heteroatoms. The van der Waals surface area contributed by atoms with Crippen LogP contribution in [0.2, 0.25) is 0 Å². The Labute approximate surface area is 336 Å². The summed E-state index contributed by atoms with van der Waals surface area (Å²) in [5.41, 5.74) is 18.2. The van der Waals surface area contributed by atoms with Crippen molar-refractivity contribution in [1.82, 2.24) is 0 Å². The lowest BCUT2D eigenvalue weighted by molar-refractivity contribution is 0.785. The van der Waals surface area contributed by atoms with E-state index >= 15 is 0 Å². The molecular weight excluding hydrogens is 743 g/mol. The van der Waals surface area contributed by atoms with Gasteiger partial charge in [-0.1, -0.05) is 180 Å². The number of fused-ring (bicyclic) bond motifs is 10. The van der Waals surface area contributed by atoms with Crippen molar-refractivity contribution in [3.05, 3.63) is 239 Å². The van der Waals surface area contributed by atoms with Gasteiger partial charge in [-0.25, -0.2) is 0 Å². The molecule has 0 bridgehead atoms. The molecule has 11 rings (SSSR count). The summed E-state index contributed by atoms with van der Waals surface area (Å²) in [4.78, 5) is 2.51. The minimum Gasteiger partial charge on any atom is -0.309 e. The molecule has 0 radical (unpaired) electrons. The molecule has 8 aromatic rings. The molecule has 1 spiro atoms. The van der Waals surface area contributed by atoms with Gasteiger partial charge in [-0.2, -0.15) is 0 Å². The molecule has 56 heavy (non-hydrogen) atoms. The van der Waals surface area contributed by atoms with Gasteiger partial charge in [0.2, 0.25) is 0 Å². The van der Waals surface area contributed by atoms with Crippen molar-refractivity contribution >= 4 is 49.3 Å². The van der Waals surface area contributed by atoms with Crippen LogP contribution in [0.5, 0.6) is 0 Å². The molecule has 0 saturated carbocycles. The maximum atomic E-state index is 3.90. The maximum Gasteiger partial charge on any atom is 0.0726 e. The summed E-state index contributed by atoms with van der Waals surface area (Å²) < 4.78 is 1.09. The third-order valence-electron chi connectivity index (χ3n) is 11.9. The molecule has 0 heterocycles. The molecule has 3 aliphatic carbocycles. The van der Waals surface area contributed by atoms with E-state index in [0.29, 0.717) is 0 Å². The van der Waals surface area contributed by atoms with Crippen molar-refractivity contribution in [1.29, 1.82) is 0 Å². The fourth-order valence-corrected chi connectivity index (χ4v) is 9.95. The van der Waals surface area contributed by atoms with Gasteiger partial charge in [0.15, 0.2) is 0 Å². The van der Waals surface area contributed by atoms with Crippen LogP contribution in [0.25, 0.3) is 49.7 Å². The second kappa shape index (κ2) is 13.1. The van der Waals surface area contributed by atoms with Gasteiger partial charge in [-0.05, 0) is 115 Å². The molecule has 1 nitrogen and oxygen atoms in total. The zero-order valence-corrected chi connectivity index (χ0v) is 32.2. The molecule has 1 unspecified atom stereocenters. The van der Waals surface area contributed by atoms with Gasteiger partial charge in [-0.15, -0.1) is 0 Å². The average molecular weight is 779 g/mol. The standard InChI is InChI=1S/C54H36BrN/c55-40-28-30-45-43-22-8-3-9-24-48(43)54(50(45)34-40)49-25-13-12-23-44(49)46-31-29-41(35-51(46)54)56(52-26-14-20-37-19-10-11-21-42(37)52)53-32-27-39(36-15-4-1-5-16-36)33-47(53)38-17-6-2-7-18-38/h1-2,4-35H,3H2. The van der Waals surface area contributed by atoms with E-state index in [2.05, 4.69) is 227 Å². The fourth-order valence-electron chi connectivity index (χ4n) is 9.59. The van der Waals surface area contributed by atoms with Crippen molar-refractivity contribution in [3.63, 3.8) is 0 Å². The number of anilines is 3. The van der Waals surface area contributed by atoms with Gasteiger partial charge >= 0.3 is 0 Å². The molecule has 0 aromatic heterocycles. The second-order valence-corrected chi connectivity index (χ2v) is 15.8. The van der Waals surface area contributed by atoms with E-state index in [0.717, 1.165) is 28.0 Å². The largest absolute Gasteiger partial charge is 0.309 e. The van der Waals surface area contributed by atoms with E-state index in [9.17, 15) is 0 Å². The number of rotatable bonds is 5. The Hall–Kier alpha value is -6.48. The van der Waals surface area contributed by atoms with Crippen molar-refractivity contribution in [3.8, 4) is 33.4 Å². The van der Waals surface area contributed by atoms with Gasteiger partial charge < -0.3 is 4.90 Å². The van der Waals surface area contributed by atoms with Crippen LogP contribution in [0, 0.1) is 0 Å². The molecular formula is C54H36BrN. The number of allylic oxidation sites excluding steroid dienone is 6. The topological polar surface area (TPSA) is 3.24 Å². The van der Waals surface area contributed by atoms with E-state index in [4.69, 9.17) is 0 Å². The van der Waals surface area contributed by atoms with E-state index in [-0.39, 0.29) is 0 Å². The molecule has 264 valence electrons. The summed E-state index contributed by atoms with van der Waals surface area (Å²) in [5, 5.41) is 2.42. The average Bonchev–Trinajstić information content (AvgIpc) is 3.54. The van der Waals surface area contributed by atoms with Crippen LogP contribution in [-0.4, -0.2) is 0 Å². The first kappa shape index (κ1) is 32.9. The summed E-state index contributed by atoms with van der Waals surface area (Å²) in [6, 6.07) is 67.1. The van der Waals surface area contributed by atoms with Crippen LogP contribution >= 0.6 is 15.9 Å². The number of hydrogen-bond acceptors (Lipinski definition) is 1. The van der Waals surface area contributed by atoms with Gasteiger partial charge in [-0.3, -0.25) is 0 Å². The van der Waals surface area contributed by atoms with E-state index in [1.54, 1.807) is 0 Å². The highest BCUT2D eigenvalue weighted by atomic mass is 79.9. The highest BCUT2D eigenvalue weighted by Gasteiger charge is 2.52. The Morgan fingerprint density at radius 1 is 0.446 bits per heavy atom. The van der Waals surface area contributed by atoms with Crippen LogP contribution in [0.1, 0.15) is 28.7 Å². The van der Waals surface area contributed by atoms with Crippen LogP contribution in [0.15, 0.2) is 216 Å². The highest BCUT2D eigenvalue weighted by Crippen LogP contribution is 2.63. The smallest absolute Gasteiger partial charge is 0.0726 e. The number of benzene rings is 8. The van der Waals surface area contributed by atoms with Crippen LogP contribution in [0.3, 0.4) is 0 Å². The third-order valence-corrected chi connectivity index (χ3v) is 12.4. The zero-order chi connectivity index (χ0) is 37.2. The zero-order valence-electron chi connectivity index (χ0n) is 30.7. The number of hydrogen-bond donors (Lipinski definition) is 0. The van der Waals surface area contributed by atoms with Gasteiger partial charge in [0.05, 0.1) is 16.8 Å². The first-order valence-corrected chi connectivity index (χ1v) is 20.1. The Bertz CT molecular complexity index is 2950. The summed E-state index contributed by atoms with van der Waals surface area (Å²) in [7, 11) is 0. The quantitative estimate of drug-likeness (QED) is 0.168. The number of halogens is 1. The van der Waals surface area contributed by atoms with Crippen LogP contribution in [0.4, 0.5) is 17.1 Å². The molecule has 0 aliphatic heterocycles. The molecule has 3 aliphatic rings. The summed E-state index contributed by atoms with van der Waals surface area (Å²) in [5.74, 6) is 0.